The molecule has 1 aliphatic rings. The number of aryl methyl sites for hydroxylation is 1. The zero-order valence-corrected chi connectivity index (χ0v) is 11.5. The van der Waals surface area contributed by atoms with Crippen LogP contribution in [0, 0.1) is 0 Å². The van der Waals surface area contributed by atoms with E-state index in [0.717, 1.165) is 4.88 Å². The predicted octanol–water partition coefficient (Wildman–Crippen LogP) is 1.21. The number of thiophene rings is 1. The Bertz CT molecular complexity index is 606. The standard InChI is InChI=1S/C12H13N3O4S/c1-2-6-5-7(12(18)19)11(20-6)13-10(17)8-3-4-9(16)15-14-8/h5H,2-4H2,1H3,(H,13,17)(H,15,16)(H,18,19). The van der Waals surface area contributed by atoms with Crippen LogP contribution in [-0.2, 0) is 16.0 Å². The minimum atomic E-state index is -1.09. The summed E-state index contributed by atoms with van der Waals surface area (Å²) >= 11 is 1.23. The van der Waals surface area contributed by atoms with Crippen molar-refractivity contribution >= 4 is 39.8 Å². The number of hydrogen-bond acceptors (Lipinski definition) is 5. The van der Waals surface area contributed by atoms with Crippen molar-refractivity contribution in [1.29, 1.82) is 0 Å². The normalized spacial score (nSPS) is 14.4. The average molecular weight is 295 g/mol. The molecule has 20 heavy (non-hydrogen) atoms. The topological polar surface area (TPSA) is 108 Å². The van der Waals surface area contributed by atoms with Gasteiger partial charge in [0.15, 0.2) is 0 Å². The number of aromatic carboxylic acids is 1. The molecule has 0 saturated carbocycles. The maximum atomic E-state index is 12.0. The summed E-state index contributed by atoms with van der Waals surface area (Å²) in [6.45, 7) is 1.91. The molecule has 1 aromatic rings. The van der Waals surface area contributed by atoms with Crippen molar-refractivity contribution in [1.82, 2.24) is 5.43 Å². The van der Waals surface area contributed by atoms with Crippen molar-refractivity contribution in [2.75, 3.05) is 5.32 Å². The monoisotopic (exact) mass is 295 g/mol. The van der Waals surface area contributed by atoms with Gasteiger partial charge >= 0.3 is 5.97 Å². The zero-order chi connectivity index (χ0) is 14.7. The van der Waals surface area contributed by atoms with E-state index in [4.69, 9.17) is 5.11 Å². The first-order chi connectivity index (χ1) is 9.51. The Kier molecular flexibility index (Phi) is 4.14. The fraction of sp³-hybridized carbons (Fsp3) is 0.333. The molecule has 8 heteroatoms. The van der Waals surface area contributed by atoms with E-state index in [1.54, 1.807) is 6.07 Å². The summed E-state index contributed by atoms with van der Waals surface area (Å²) in [6.07, 6.45) is 1.13. The highest BCUT2D eigenvalue weighted by Crippen LogP contribution is 2.28. The molecule has 0 fully saturated rings. The number of carbonyl (C=O) groups excluding carboxylic acids is 2. The largest absolute Gasteiger partial charge is 0.478 e. The highest BCUT2D eigenvalue weighted by molar-refractivity contribution is 7.16. The predicted molar refractivity (Wildman–Crippen MR) is 74.1 cm³/mol. The molecule has 0 bridgehead atoms. The summed E-state index contributed by atoms with van der Waals surface area (Å²) < 4.78 is 0. The molecular weight excluding hydrogens is 282 g/mol. The number of rotatable bonds is 4. The number of anilines is 1. The van der Waals surface area contributed by atoms with E-state index in [1.165, 1.54) is 11.3 Å². The molecule has 1 aliphatic heterocycles. The number of amides is 2. The average Bonchev–Trinajstić information content (AvgIpc) is 2.82. The van der Waals surface area contributed by atoms with Gasteiger partial charge in [0.25, 0.3) is 5.91 Å². The van der Waals surface area contributed by atoms with Gasteiger partial charge in [0.05, 0.1) is 5.56 Å². The first kappa shape index (κ1) is 14.2. The lowest BCUT2D eigenvalue weighted by atomic mass is 10.1. The lowest BCUT2D eigenvalue weighted by Gasteiger charge is -2.11. The van der Waals surface area contributed by atoms with Crippen molar-refractivity contribution in [2.45, 2.75) is 26.2 Å². The van der Waals surface area contributed by atoms with Crippen LogP contribution < -0.4 is 10.7 Å². The van der Waals surface area contributed by atoms with Crippen molar-refractivity contribution < 1.29 is 19.5 Å². The maximum absolute atomic E-state index is 12.0. The van der Waals surface area contributed by atoms with Crippen molar-refractivity contribution in [3.8, 4) is 0 Å². The number of hydrazone groups is 1. The van der Waals surface area contributed by atoms with E-state index in [-0.39, 0.29) is 30.0 Å². The van der Waals surface area contributed by atoms with E-state index in [2.05, 4.69) is 15.8 Å². The van der Waals surface area contributed by atoms with Crippen LogP contribution in [0.25, 0.3) is 0 Å². The molecule has 0 aliphatic carbocycles. The molecule has 2 rings (SSSR count). The molecule has 3 N–H and O–H groups in total. The van der Waals surface area contributed by atoms with Gasteiger partial charge in [0.1, 0.15) is 10.7 Å². The lowest BCUT2D eigenvalue weighted by molar-refractivity contribution is -0.121. The summed E-state index contributed by atoms with van der Waals surface area (Å²) in [7, 11) is 0. The summed E-state index contributed by atoms with van der Waals surface area (Å²) in [5.41, 5.74) is 2.49. The number of nitrogens with one attached hydrogen (secondary N) is 2. The van der Waals surface area contributed by atoms with Gasteiger partial charge in [-0.15, -0.1) is 11.3 Å². The van der Waals surface area contributed by atoms with Gasteiger partial charge in [-0.05, 0) is 12.5 Å². The van der Waals surface area contributed by atoms with Crippen LogP contribution in [0.1, 0.15) is 35.0 Å². The van der Waals surface area contributed by atoms with Gasteiger partial charge in [0.2, 0.25) is 5.91 Å². The number of hydrogen-bond donors (Lipinski definition) is 3. The molecule has 2 heterocycles. The molecule has 0 spiro atoms. The smallest absolute Gasteiger partial charge is 0.338 e. The van der Waals surface area contributed by atoms with Crippen molar-refractivity contribution in [3.05, 3.63) is 16.5 Å². The van der Waals surface area contributed by atoms with Gasteiger partial charge < -0.3 is 10.4 Å². The number of carboxylic acids is 1. The molecule has 2 amide bonds. The minimum absolute atomic E-state index is 0.0700. The molecular formula is C12H13N3O4S. The summed E-state index contributed by atoms with van der Waals surface area (Å²) in [4.78, 5) is 34.9. The highest BCUT2D eigenvalue weighted by atomic mass is 32.1. The summed E-state index contributed by atoms with van der Waals surface area (Å²) in [5, 5.41) is 15.6. The van der Waals surface area contributed by atoms with E-state index in [9.17, 15) is 14.4 Å². The highest BCUT2D eigenvalue weighted by Gasteiger charge is 2.22. The summed E-state index contributed by atoms with van der Waals surface area (Å²) in [6, 6.07) is 1.55. The minimum Gasteiger partial charge on any atom is -0.478 e. The third-order valence-corrected chi connectivity index (χ3v) is 3.95. The number of nitrogens with zero attached hydrogens (tertiary/aromatic N) is 1. The molecule has 0 unspecified atom stereocenters. The van der Waals surface area contributed by atoms with Crippen LogP contribution in [0.2, 0.25) is 0 Å². The Hall–Kier alpha value is -2.22. The molecule has 7 nitrogen and oxygen atoms in total. The Morgan fingerprint density at radius 1 is 1.50 bits per heavy atom. The molecule has 1 aromatic heterocycles. The van der Waals surface area contributed by atoms with Gasteiger partial charge in [0, 0.05) is 17.7 Å². The van der Waals surface area contributed by atoms with Crippen molar-refractivity contribution in [2.24, 2.45) is 5.10 Å². The van der Waals surface area contributed by atoms with Crippen LogP contribution in [-0.4, -0.2) is 28.6 Å². The Morgan fingerprint density at radius 2 is 2.25 bits per heavy atom. The fourth-order valence-electron chi connectivity index (χ4n) is 1.68. The van der Waals surface area contributed by atoms with E-state index in [0.29, 0.717) is 11.4 Å². The third-order valence-electron chi connectivity index (χ3n) is 2.76. The molecule has 0 atom stereocenters. The van der Waals surface area contributed by atoms with Gasteiger partial charge in [-0.2, -0.15) is 5.10 Å². The quantitative estimate of drug-likeness (QED) is 0.776. The van der Waals surface area contributed by atoms with Gasteiger partial charge in [-0.1, -0.05) is 6.92 Å². The molecule has 0 aromatic carbocycles. The van der Waals surface area contributed by atoms with Crippen LogP contribution >= 0.6 is 11.3 Å². The second-order valence-corrected chi connectivity index (χ2v) is 5.30. The second-order valence-electron chi connectivity index (χ2n) is 4.16. The number of carbonyl (C=O) groups is 3. The molecule has 106 valence electrons. The molecule has 0 saturated heterocycles. The van der Waals surface area contributed by atoms with Crippen LogP contribution in [0.3, 0.4) is 0 Å². The van der Waals surface area contributed by atoms with Crippen LogP contribution in [0.4, 0.5) is 5.00 Å². The lowest BCUT2D eigenvalue weighted by Crippen LogP contribution is -2.32. The van der Waals surface area contributed by atoms with E-state index < -0.39 is 11.9 Å². The van der Waals surface area contributed by atoms with Crippen LogP contribution in [0.15, 0.2) is 11.2 Å². The van der Waals surface area contributed by atoms with Gasteiger partial charge in [-0.3, -0.25) is 9.59 Å². The molecule has 0 radical (unpaired) electrons. The Labute approximate surface area is 118 Å². The van der Waals surface area contributed by atoms with Gasteiger partial charge in [-0.25, -0.2) is 10.2 Å². The van der Waals surface area contributed by atoms with Crippen LogP contribution in [0.5, 0.6) is 0 Å². The maximum Gasteiger partial charge on any atom is 0.338 e. The first-order valence-corrected chi connectivity index (χ1v) is 6.85. The Morgan fingerprint density at radius 3 is 2.80 bits per heavy atom. The fourth-order valence-corrected chi connectivity index (χ4v) is 2.66. The zero-order valence-electron chi connectivity index (χ0n) is 10.7. The first-order valence-electron chi connectivity index (χ1n) is 6.04. The third kappa shape index (κ3) is 3.02. The van der Waals surface area contributed by atoms with E-state index >= 15 is 0 Å². The second kappa shape index (κ2) is 5.83. The number of carboxylic acid groups (broad SMARTS) is 1. The van der Waals surface area contributed by atoms with E-state index in [1.807, 2.05) is 6.92 Å². The SMILES string of the molecule is CCc1cc(C(=O)O)c(NC(=O)C2=NNC(=O)CC2)s1. The summed E-state index contributed by atoms with van der Waals surface area (Å²) in [5.74, 6) is -1.82. The van der Waals surface area contributed by atoms with Crippen molar-refractivity contribution in [3.63, 3.8) is 0 Å². The Balaban J connectivity index is 2.17.